The van der Waals surface area contributed by atoms with E-state index in [4.69, 9.17) is 5.26 Å². The van der Waals surface area contributed by atoms with E-state index in [0.29, 0.717) is 11.1 Å². The molecule has 1 aromatic rings. The van der Waals surface area contributed by atoms with Crippen LogP contribution in [0.25, 0.3) is 0 Å². The molecule has 0 bridgehead atoms. The van der Waals surface area contributed by atoms with Crippen LogP contribution in [-0.2, 0) is 11.3 Å². The average Bonchev–Trinajstić information content (AvgIpc) is 2.14. The molecule has 1 rings (SSSR count). The number of nitrogens with zero attached hydrogens (tertiary/aromatic N) is 1. The third-order valence-corrected chi connectivity index (χ3v) is 1.77. The van der Waals surface area contributed by atoms with E-state index < -0.39 is 4.12 Å². The van der Waals surface area contributed by atoms with E-state index in [1.54, 1.807) is 18.2 Å². The molecular formula is C9H6F2INO. The van der Waals surface area contributed by atoms with E-state index in [-0.39, 0.29) is 6.61 Å². The molecular weight excluding hydrogens is 303 g/mol. The summed E-state index contributed by atoms with van der Waals surface area (Å²) in [5, 5.41) is 8.55. The Morgan fingerprint density at radius 1 is 1.50 bits per heavy atom. The van der Waals surface area contributed by atoms with Crippen molar-refractivity contribution in [3.8, 4) is 6.07 Å². The first-order valence-corrected chi connectivity index (χ1v) is 4.79. The monoisotopic (exact) mass is 309 g/mol. The van der Waals surface area contributed by atoms with Crippen molar-refractivity contribution in [3.05, 3.63) is 35.4 Å². The Labute approximate surface area is 93.6 Å². The number of alkyl halides is 3. The molecule has 0 aromatic heterocycles. The van der Waals surface area contributed by atoms with Crippen LogP contribution >= 0.6 is 22.6 Å². The van der Waals surface area contributed by atoms with Crippen molar-refractivity contribution in [3.63, 3.8) is 0 Å². The Balaban J connectivity index is 2.65. The number of rotatable bonds is 3. The Bertz CT molecular complexity index is 357. The SMILES string of the molecule is N#Cc1cccc(COC(F)(F)I)c1. The number of ether oxygens (including phenoxy) is 1. The van der Waals surface area contributed by atoms with Gasteiger partial charge < -0.3 is 4.74 Å². The molecule has 5 heteroatoms. The largest absolute Gasteiger partial charge is 0.408 e. The zero-order chi connectivity index (χ0) is 10.6. The highest BCUT2D eigenvalue weighted by molar-refractivity contribution is 14.1. The third-order valence-electron chi connectivity index (χ3n) is 1.46. The lowest BCUT2D eigenvalue weighted by molar-refractivity contribution is -0.154. The summed E-state index contributed by atoms with van der Waals surface area (Å²) in [6.07, 6.45) is 0. The first kappa shape index (κ1) is 11.3. The van der Waals surface area contributed by atoms with E-state index in [2.05, 4.69) is 4.74 Å². The quantitative estimate of drug-likeness (QED) is 0.635. The van der Waals surface area contributed by atoms with Crippen LogP contribution < -0.4 is 0 Å². The molecule has 0 atom stereocenters. The van der Waals surface area contributed by atoms with Crippen LogP contribution in [0.3, 0.4) is 0 Å². The van der Waals surface area contributed by atoms with E-state index in [9.17, 15) is 8.78 Å². The van der Waals surface area contributed by atoms with Crippen LogP contribution in [-0.4, -0.2) is 4.12 Å². The fourth-order valence-corrected chi connectivity index (χ4v) is 1.05. The minimum Gasteiger partial charge on any atom is -0.307 e. The maximum absolute atomic E-state index is 12.3. The lowest BCUT2D eigenvalue weighted by atomic mass is 10.1. The second kappa shape index (κ2) is 4.66. The Morgan fingerprint density at radius 3 is 2.79 bits per heavy atom. The van der Waals surface area contributed by atoms with Gasteiger partial charge in [-0.3, -0.25) is 0 Å². The zero-order valence-electron chi connectivity index (χ0n) is 7.01. The number of benzene rings is 1. The van der Waals surface area contributed by atoms with Crippen LogP contribution in [0.4, 0.5) is 8.78 Å². The van der Waals surface area contributed by atoms with Gasteiger partial charge in [0.25, 0.3) is 0 Å². The molecule has 0 amide bonds. The summed E-state index contributed by atoms with van der Waals surface area (Å²) >= 11 is 0.901. The van der Waals surface area contributed by atoms with Gasteiger partial charge in [-0.15, -0.1) is 0 Å². The Kier molecular flexibility index (Phi) is 3.77. The molecule has 2 nitrogen and oxygen atoms in total. The van der Waals surface area contributed by atoms with Gasteiger partial charge in [0, 0.05) is 22.6 Å². The molecule has 0 aliphatic rings. The summed E-state index contributed by atoms with van der Waals surface area (Å²) < 4.78 is 25.7. The lowest BCUT2D eigenvalue weighted by Crippen LogP contribution is -2.10. The molecule has 0 heterocycles. The van der Waals surface area contributed by atoms with Crippen LogP contribution in [0, 0.1) is 11.3 Å². The summed E-state index contributed by atoms with van der Waals surface area (Å²) in [6, 6.07) is 8.29. The highest BCUT2D eigenvalue weighted by Crippen LogP contribution is 2.25. The van der Waals surface area contributed by atoms with Crippen LogP contribution in [0.15, 0.2) is 24.3 Å². The molecule has 74 valence electrons. The minimum absolute atomic E-state index is 0.203. The maximum Gasteiger partial charge on any atom is 0.408 e. The molecule has 0 radical (unpaired) electrons. The van der Waals surface area contributed by atoms with Gasteiger partial charge in [-0.2, -0.15) is 14.0 Å². The van der Waals surface area contributed by atoms with Gasteiger partial charge in [0.15, 0.2) is 0 Å². The average molecular weight is 309 g/mol. The molecule has 0 aliphatic carbocycles. The van der Waals surface area contributed by atoms with Gasteiger partial charge in [0.2, 0.25) is 0 Å². The van der Waals surface area contributed by atoms with Crippen molar-refractivity contribution in [1.82, 2.24) is 0 Å². The van der Waals surface area contributed by atoms with Gasteiger partial charge >= 0.3 is 4.12 Å². The van der Waals surface area contributed by atoms with E-state index in [1.807, 2.05) is 6.07 Å². The van der Waals surface area contributed by atoms with Crippen LogP contribution in [0.5, 0.6) is 0 Å². The van der Waals surface area contributed by atoms with Crippen molar-refractivity contribution in [1.29, 1.82) is 5.26 Å². The Hall–Kier alpha value is -0.740. The highest BCUT2D eigenvalue weighted by Gasteiger charge is 2.24. The first-order chi connectivity index (χ1) is 6.51. The van der Waals surface area contributed by atoms with Gasteiger partial charge in [-0.05, 0) is 17.7 Å². The van der Waals surface area contributed by atoms with Gasteiger partial charge in [0.1, 0.15) is 0 Å². The smallest absolute Gasteiger partial charge is 0.307 e. The maximum atomic E-state index is 12.3. The van der Waals surface area contributed by atoms with Crippen LogP contribution in [0.1, 0.15) is 11.1 Å². The summed E-state index contributed by atoms with van der Waals surface area (Å²) in [4.78, 5) is 0. The summed E-state index contributed by atoms with van der Waals surface area (Å²) in [5.41, 5.74) is 0.989. The van der Waals surface area contributed by atoms with Gasteiger partial charge in [0.05, 0.1) is 18.2 Å². The molecule has 14 heavy (non-hydrogen) atoms. The molecule has 0 aliphatic heterocycles. The first-order valence-electron chi connectivity index (χ1n) is 3.71. The molecule has 0 spiro atoms. The molecule has 0 saturated carbocycles. The molecule has 1 aromatic carbocycles. The predicted octanol–water partition coefficient (Wildman–Crippen LogP) is 3.06. The standard InChI is InChI=1S/C9H6F2INO/c10-9(11,12)14-6-8-3-1-2-7(4-8)5-13/h1-4H,6H2. The van der Waals surface area contributed by atoms with Crippen molar-refractivity contribution in [2.45, 2.75) is 10.7 Å². The number of nitriles is 1. The van der Waals surface area contributed by atoms with Crippen molar-refractivity contribution in [2.75, 3.05) is 0 Å². The second-order valence-electron chi connectivity index (χ2n) is 2.55. The molecule has 0 saturated heterocycles. The number of hydrogen-bond donors (Lipinski definition) is 0. The molecule has 0 fully saturated rings. The van der Waals surface area contributed by atoms with E-state index in [1.165, 1.54) is 6.07 Å². The number of hydrogen-bond acceptors (Lipinski definition) is 2. The lowest BCUT2D eigenvalue weighted by Gasteiger charge is -2.09. The molecule has 0 unspecified atom stereocenters. The zero-order valence-corrected chi connectivity index (χ0v) is 9.16. The van der Waals surface area contributed by atoms with Crippen molar-refractivity contribution < 1.29 is 13.5 Å². The van der Waals surface area contributed by atoms with Gasteiger partial charge in [-0.1, -0.05) is 12.1 Å². The van der Waals surface area contributed by atoms with E-state index >= 15 is 0 Å². The highest BCUT2D eigenvalue weighted by atomic mass is 127. The Morgan fingerprint density at radius 2 is 2.21 bits per heavy atom. The number of halogens is 3. The summed E-state index contributed by atoms with van der Waals surface area (Å²) in [6.45, 7) is -0.203. The van der Waals surface area contributed by atoms with Crippen molar-refractivity contribution >= 4 is 22.6 Å². The minimum atomic E-state index is -3.17. The fourth-order valence-electron chi connectivity index (χ4n) is 0.896. The summed E-state index contributed by atoms with van der Waals surface area (Å²) in [7, 11) is 0. The normalized spacial score (nSPS) is 11.0. The fraction of sp³-hybridized carbons (Fsp3) is 0.222. The van der Waals surface area contributed by atoms with Crippen LogP contribution in [0.2, 0.25) is 0 Å². The molecule has 0 N–H and O–H groups in total. The predicted molar refractivity (Wildman–Crippen MR) is 54.9 cm³/mol. The van der Waals surface area contributed by atoms with Crippen molar-refractivity contribution in [2.24, 2.45) is 0 Å². The topological polar surface area (TPSA) is 33.0 Å². The summed E-state index contributed by atoms with van der Waals surface area (Å²) in [5.74, 6) is 0. The third kappa shape index (κ3) is 3.98. The van der Waals surface area contributed by atoms with E-state index in [0.717, 1.165) is 22.6 Å². The van der Waals surface area contributed by atoms with Gasteiger partial charge in [-0.25, -0.2) is 0 Å². The second-order valence-corrected chi connectivity index (χ2v) is 3.80.